The summed E-state index contributed by atoms with van der Waals surface area (Å²) in [5.74, 6) is 0.548. The van der Waals surface area contributed by atoms with Gasteiger partial charge in [-0.25, -0.2) is 0 Å². The van der Waals surface area contributed by atoms with Crippen LogP contribution in [0.4, 0.5) is 0 Å². The van der Waals surface area contributed by atoms with Crippen LogP contribution in [0.25, 0.3) is 6.08 Å². The summed E-state index contributed by atoms with van der Waals surface area (Å²) in [6.07, 6.45) is 4.72. The van der Waals surface area contributed by atoms with Gasteiger partial charge in [-0.2, -0.15) is 0 Å². The molecule has 2 aromatic heterocycles. The fourth-order valence-electron chi connectivity index (χ4n) is 1.82. The third-order valence-electron chi connectivity index (χ3n) is 2.91. The van der Waals surface area contributed by atoms with Crippen LogP contribution < -0.4 is 5.32 Å². The molecular formula is C15H18N2O2S. The second-order valence-electron chi connectivity index (χ2n) is 4.59. The molecule has 2 aromatic rings. The lowest BCUT2D eigenvalue weighted by Gasteiger charge is -2.23. The zero-order valence-corrected chi connectivity index (χ0v) is 12.4. The Kier molecular flexibility index (Phi) is 5.15. The van der Waals surface area contributed by atoms with Crippen LogP contribution in [-0.4, -0.2) is 31.4 Å². The molecule has 2 rings (SSSR count). The van der Waals surface area contributed by atoms with Crippen molar-refractivity contribution in [1.82, 2.24) is 10.2 Å². The number of nitrogens with zero attached hydrogens (tertiary/aromatic N) is 1. The Labute approximate surface area is 122 Å². The minimum Gasteiger partial charge on any atom is -0.465 e. The molecule has 2 heterocycles. The molecular weight excluding hydrogens is 272 g/mol. The minimum atomic E-state index is -0.121. The van der Waals surface area contributed by atoms with Gasteiger partial charge in [-0.05, 0) is 43.8 Å². The Balaban J connectivity index is 1.88. The number of thiophene rings is 1. The van der Waals surface area contributed by atoms with Crippen LogP contribution >= 0.6 is 11.3 Å². The number of rotatable bonds is 6. The highest BCUT2D eigenvalue weighted by Gasteiger charge is 2.15. The number of hydrogen-bond donors (Lipinski definition) is 1. The number of nitrogens with one attached hydrogen (secondary N) is 1. The molecule has 0 aliphatic carbocycles. The molecule has 106 valence electrons. The van der Waals surface area contributed by atoms with Crippen molar-refractivity contribution in [2.24, 2.45) is 0 Å². The first-order valence-corrected chi connectivity index (χ1v) is 7.24. The molecule has 4 nitrogen and oxygen atoms in total. The van der Waals surface area contributed by atoms with Gasteiger partial charge in [0.15, 0.2) is 0 Å². The Hall–Kier alpha value is -1.85. The predicted octanol–water partition coefficient (Wildman–Crippen LogP) is 2.77. The summed E-state index contributed by atoms with van der Waals surface area (Å²) in [5, 5.41) is 4.96. The third-order valence-corrected chi connectivity index (χ3v) is 3.88. The van der Waals surface area contributed by atoms with Crippen molar-refractivity contribution in [1.29, 1.82) is 0 Å². The largest absolute Gasteiger partial charge is 0.465 e. The molecule has 0 aliphatic heterocycles. The van der Waals surface area contributed by atoms with Crippen molar-refractivity contribution in [2.45, 2.75) is 6.04 Å². The maximum Gasteiger partial charge on any atom is 0.244 e. The standard InChI is InChI=1S/C15H18N2O2S/c1-17(2)13(14-6-4-10-20-14)11-16-15(18)8-7-12-5-3-9-19-12/h3-10,13H,11H2,1-2H3,(H,16,18)/b8-7+/t13-/m0/s1. The van der Waals surface area contributed by atoms with Gasteiger partial charge in [0.25, 0.3) is 0 Å². The summed E-state index contributed by atoms with van der Waals surface area (Å²) in [4.78, 5) is 15.1. The smallest absolute Gasteiger partial charge is 0.244 e. The molecule has 0 spiro atoms. The van der Waals surface area contributed by atoms with Gasteiger partial charge in [-0.1, -0.05) is 6.07 Å². The van der Waals surface area contributed by atoms with E-state index in [9.17, 15) is 4.79 Å². The molecule has 20 heavy (non-hydrogen) atoms. The van der Waals surface area contributed by atoms with Crippen LogP contribution in [-0.2, 0) is 4.79 Å². The van der Waals surface area contributed by atoms with Crippen molar-refractivity contribution >= 4 is 23.3 Å². The lowest BCUT2D eigenvalue weighted by Crippen LogP contribution is -2.33. The number of furan rings is 1. The first kappa shape index (κ1) is 14.6. The van der Waals surface area contributed by atoms with E-state index in [1.165, 1.54) is 11.0 Å². The molecule has 1 N–H and O–H groups in total. The fraction of sp³-hybridized carbons (Fsp3) is 0.267. The van der Waals surface area contributed by atoms with Gasteiger partial charge in [-0.3, -0.25) is 4.79 Å². The van der Waals surface area contributed by atoms with Gasteiger partial charge in [0, 0.05) is 17.5 Å². The molecule has 5 heteroatoms. The van der Waals surface area contributed by atoms with E-state index in [0.29, 0.717) is 12.3 Å². The first-order chi connectivity index (χ1) is 9.66. The number of carbonyl (C=O) groups is 1. The van der Waals surface area contributed by atoms with Crippen LogP contribution in [0.3, 0.4) is 0 Å². The summed E-state index contributed by atoms with van der Waals surface area (Å²) in [5.41, 5.74) is 0. The molecule has 0 bridgehead atoms. The second kappa shape index (κ2) is 7.07. The van der Waals surface area contributed by atoms with Gasteiger partial charge in [0.05, 0.1) is 12.3 Å². The minimum absolute atomic E-state index is 0.121. The van der Waals surface area contributed by atoms with E-state index < -0.39 is 0 Å². The number of carbonyl (C=O) groups excluding carboxylic acids is 1. The highest BCUT2D eigenvalue weighted by atomic mass is 32.1. The lowest BCUT2D eigenvalue weighted by atomic mass is 10.2. The maximum absolute atomic E-state index is 11.8. The molecule has 0 aliphatic rings. The summed E-state index contributed by atoms with van der Waals surface area (Å²) in [7, 11) is 4.02. The van der Waals surface area contributed by atoms with Gasteiger partial charge in [0.2, 0.25) is 5.91 Å². The van der Waals surface area contributed by atoms with Gasteiger partial charge < -0.3 is 14.6 Å². The van der Waals surface area contributed by atoms with E-state index in [1.807, 2.05) is 25.5 Å². The van der Waals surface area contributed by atoms with Crippen LogP contribution in [0.15, 0.2) is 46.4 Å². The quantitative estimate of drug-likeness (QED) is 0.832. The van der Waals surface area contributed by atoms with Gasteiger partial charge in [-0.15, -0.1) is 11.3 Å². The van der Waals surface area contributed by atoms with Crippen molar-refractivity contribution < 1.29 is 9.21 Å². The van der Waals surface area contributed by atoms with Crippen molar-refractivity contribution in [2.75, 3.05) is 20.6 Å². The van der Waals surface area contributed by atoms with E-state index in [2.05, 4.69) is 16.3 Å². The summed E-state index contributed by atoms with van der Waals surface area (Å²) >= 11 is 1.70. The number of likely N-dealkylation sites (N-methyl/N-ethyl adjacent to an activating group) is 1. The third kappa shape index (κ3) is 4.08. The molecule has 1 atom stereocenters. The average Bonchev–Trinajstić information content (AvgIpc) is 3.09. The van der Waals surface area contributed by atoms with Crippen LogP contribution in [0, 0.1) is 0 Å². The second-order valence-corrected chi connectivity index (χ2v) is 5.57. The van der Waals surface area contributed by atoms with E-state index in [1.54, 1.807) is 35.8 Å². The highest BCUT2D eigenvalue weighted by molar-refractivity contribution is 7.10. The highest BCUT2D eigenvalue weighted by Crippen LogP contribution is 2.22. The summed E-state index contributed by atoms with van der Waals surface area (Å²) in [6.45, 7) is 0.578. The summed E-state index contributed by atoms with van der Waals surface area (Å²) < 4.78 is 5.13. The Morgan fingerprint density at radius 3 is 2.90 bits per heavy atom. The molecule has 0 aromatic carbocycles. The average molecular weight is 290 g/mol. The topological polar surface area (TPSA) is 45.5 Å². The number of amides is 1. The van der Waals surface area contributed by atoms with E-state index in [0.717, 1.165) is 0 Å². The van der Waals surface area contributed by atoms with E-state index in [4.69, 9.17) is 4.42 Å². The van der Waals surface area contributed by atoms with Crippen molar-refractivity contribution in [3.8, 4) is 0 Å². The van der Waals surface area contributed by atoms with Crippen molar-refractivity contribution in [3.05, 3.63) is 52.6 Å². The van der Waals surface area contributed by atoms with Gasteiger partial charge in [0.1, 0.15) is 5.76 Å². The van der Waals surface area contributed by atoms with Crippen LogP contribution in [0.5, 0.6) is 0 Å². The normalized spacial score (nSPS) is 12.9. The maximum atomic E-state index is 11.8. The van der Waals surface area contributed by atoms with Gasteiger partial charge >= 0.3 is 0 Å². The number of hydrogen-bond acceptors (Lipinski definition) is 4. The Morgan fingerprint density at radius 2 is 2.30 bits per heavy atom. The molecule has 0 saturated carbocycles. The molecule has 0 fully saturated rings. The monoisotopic (exact) mass is 290 g/mol. The van der Waals surface area contributed by atoms with Crippen LogP contribution in [0.1, 0.15) is 16.7 Å². The fourth-order valence-corrected chi connectivity index (χ4v) is 2.74. The SMILES string of the molecule is CN(C)[C@@H](CNC(=O)/C=C/c1ccco1)c1cccs1. The molecule has 0 radical (unpaired) electrons. The zero-order valence-electron chi connectivity index (χ0n) is 11.6. The lowest BCUT2D eigenvalue weighted by molar-refractivity contribution is -0.116. The molecule has 1 amide bonds. The summed E-state index contributed by atoms with van der Waals surface area (Å²) in [6, 6.07) is 7.89. The van der Waals surface area contributed by atoms with Crippen LogP contribution in [0.2, 0.25) is 0 Å². The molecule has 0 unspecified atom stereocenters. The first-order valence-electron chi connectivity index (χ1n) is 6.36. The Bertz CT molecular complexity index is 544. The molecule has 0 saturated heterocycles. The van der Waals surface area contributed by atoms with Crippen molar-refractivity contribution in [3.63, 3.8) is 0 Å². The predicted molar refractivity (Wildman–Crippen MR) is 81.5 cm³/mol. The Morgan fingerprint density at radius 1 is 1.45 bits per heavy atom. The van der Waals surface area contributed by atoms with E-state index >= 15 is 0 Å². The van der Waals surface area contributed by atoms with E-state index in [-0.39, 0.29) is 11.9 Å². The zero-order chi connectivity index (χ0) is 14.4.